The van der Waals surface area contributed by atoms with Crippen molar-refractivity contribution < 1.29 is 9.90 Å². The van der Waals surface area contributed by atoms with Crippen LogP contribution in [-0.2, 0) is 11.2 Å². The maximum Gasteiger partial charge on any atom is 0.303 e. The SMILES string of the molecule is CCCCC(=O)O.NCCc1ccccc1. The van der Waals surface area contributed by atoms with Gasteiger partial charge in [-0.25, -0.2) is 0 Å². The molecule has 0 aliphatic heterocycles. The Morgan fingerprint density at radius 1 is 1.31 bits per heavy atom. The van der Waals surface area contributed by atoms with Crippen LogP contribution in [0.3, 0.4) is 0 Å². The second kappa shape index (κ2) is 10.2. The molecular weight excluding hydrogens is 202 g/mol. The van der Waals surface area contributed by atoms with E-state index in [1.165, 1.54) is 5.56 Å². The normalized spacial score (nSPS) is 9.12. The third kappa shape index (κ3) is 9.21. The molecule has 0 fully saturated rings. The maximum atomic E-state index is 9.76. The van der Waals surface area contributed by atoms with Crippen LogP contribution in [0.4, 0.5) is 0 Å². The fraction of sp³-hybridized carbons (Fsp3) is 0.462. The molecule has 0 bridgehead atoms. The Morgan fingerprint density at radius 3 is 2.31 bits per heavy atom. The van der Waals surface area contributed by atoms with E-state index in [-0.39, 0.29) is 0 Å². The lowest BCUT2D eigenvalue weighted by Gasteiger charge is -1.93. The lowest BCUT2D eigenvalue weighted by molar-refractivity contribution is -0.137. The average molecular weight is 223 g/mol. The van der Waals surface area contributed by atoms with E-state index in [0.29, 0.717) is 6.42 Å². The summed E-state index contributed by atoms with van der Waals surface area (Å²) in [5.41, 5.74) is 6.68. The summed E-state index contributed by atoms with van der Waals surface area (Å²) in [5, 5.41) is 8.04. The number of benzene rings is 1. The number of carbonyl (C=O) groups is 1. The van der Waals surface area contributed by atoms with E-state index in [1.807, 2.05) is 25.1 Å². The number of hydrogen-bond acceptors (Lipinski definition) is 2. The summed E-state index contributed by atoms with van der Waals surface area (Å²) in [6.07, 6.45) is 3.07. The van der Waals surface area contributed by atoms with Gasteiger partial charge in [0.1, 0.15) is 0 Å². The van der Waals surface area contributed by atoms with Crippen LogP contribution in [0.5, 0.6) is 0 Å². The second-order valence-corrected chi connectivity index (χ2v) is 3.52. The number of rotatable bonds is 5. The number of carboxylic acids is 1. The minimum Gasteiger partial charge on any atom is -0.481 e. The van der Waals surface area contributed by atoms with E-state index in [1.54, 1.807) is 0 Å². The first-order chi connectivity index (χ1) is 7.70. The molecule has 1 aromatic rings. The van der Waals surface area contributed by atoms with Gasteiger partial charge in [0.05, 0.1) is 0 Å². The summed E-state index contributed by atoms with van der Waals surface area (Å²) < 4.78 is 0. The largest absolute Gasteiger partial charge is 0.481 e. The van der Waals surface area contributed by atoms with Crippen molar-refractivity contribution >= 4 is 5.97 Å². The van der Waals surface area contributed by atoms with E-state index in [0.717, 1.165) is 25.8 Å². The molecule has 0 aromatic heterocycles. The Balaban J connectivity index is 0.000000293. The van der Waals surface area contributed by atoms with Crippen molar-refractivity contribution in [2.45, 2.75) is 32.6 Å². The zero-order valence-corrected chi connectivity index (χ0v) is 9.86. The molecule has 0 unspecified atom stereocenters. The molecule has 0 atom stereocenters. The first kappa shape index (κ1) is 14.6. The van der Waals surface area contributed by atoms with Crippen LogP contribution in [0.15, 0.2) is 30.3 Å². The highest BCUT2D eigenvalue weighted by Gasteiger charge is 1.90. The van der Waals surface area contributed by atoms with Gasteiger partial charge in [-0.1, -0.05) is 43.7 Å². The highest BCUT2D eigenvalue weighted by Crippen LogP contribution is 1.96. The molecule has 0 spiro atoms. The Labute approximate surface area is 97.3 Å². The molecule has 3 heteroatoms. The third-order valence-corrected chi connectivity index (χ3v) is 2.02. The molecular formula is C13H21NO2. The quantitative estimate of drug-likeness (QED) is 0.806. The average Bonchev–Trinajstić information content (AvgIpc) is 2.29. The van der Waals surface area contributed by atoms with Crippen LogP contribution in [-0.4, -0.2) is 17.6 Å². The summed E-state index contributed by atoms with van der Waals surface area (Å²) in [5.74, 6) is -0.693. The van der Waals surface area contributed by atoms with Gasteiger partial charge in [-0.3, -0.25) is 4.79 Å². The Hall–Kier alpha value is -1.35. The van der Waals surface area contributed by atoms with Gasteiger partial charge < -0.3 is 10.8 Å². The molecule has 3 nitrogen and oxygen atoms in total. The second-order valence-electron chi connectivity index (χ2n) is 3.52. The molecule has 0 heterocycles. The van der Waals surface area contributed by atoms with Crippen LogP contribution in [0.25, 0.3) is 0 Å². The summed E-state index contributed by atoms with van der Waals surface area (Å²) in [7, 11) is 0. The van der Waals surface area contributed by atoms with Crippen LogP contribution in [0, 0.1) is 0 Å². The van der Waals surface area contributed by atoms with E-state index in [9.17, 15) is 4.79 Å². The minimum atomic E-state index is -0.693. The van der Waals surface area contributed by atoms with Gasteiger partial charge in [0, 0.05) is 6.42 Å². The molecule has 0 amide bonds. The molecule has 1 rings (SSSR count). The van der Waals surface area contributed by atoms with Crippen molar-refractivity contribution in [3.8, 4) is 0 Å². The minimum absolute atomic E-state index is 0.316. The van der Waals surface area contributed by atoms with Crippen molar-refractivity contribution in [1.29, 1.82) is 0 Å². The smallest absolute Gasteiger partial charge is 0.303 e. The highest BCUT2D eigenvalue weighted by molar-refractivity contribution is 5.66. The summed E-state index contributed by atoms with van der Waals surface area (Å²) in [6, 6.07) is 10.3. The van der Waals surface area contributed by atoms with E-state index >= 15 is 0 Å². The predicted octanol–water partition coefficient (Wildman–Crippen LogP) is 2.45. The number of nitrogens with two attached hydrogens (primary N) is 1. The maximum absolute atomic E-state index is 9.76. The van der Waals surface area contributed by atoms with Gasteiger partial charge in [0.25, 0.3) is 0 Å². The molecule has 0 radical (unpaired) electrons. The van der Waals surface area contributed by atoms with Gasteiger partial charge in [0.15, 0.2) is 0 Å². The molecule has 90 valence electrons. The Kier molecular flexibility index (Phi) is 9.32. The van der Waals surface area contributed by atoms with E-state index in [4.69, 9.17) is 10.8 Å². The van der Waals surface area contributed by atoms with Gasteiger partial charge in [0.2, 0.25) is 0 Å². The molecule has 16 heavy (non-hydrogen) atoms. The van der Waals surface area contributed by atoms with E-state index in [2.05, 4.69) is 12.1 Å². The van der Waals surface area contributed by atoms with Gasteiger partial charge in [-0.15, -0.1) is 0 Å². The van der Waals surface area contributed by atoms with Gasteiger partial charge in [-0.2, -0.15) is 0 Å². The molecule has 0 aliphatic rings. The Morgan fingerprint density at radius 2 is 1.94 bits per heavy atom. The van der Waals surface area contributed by atoms with Crippen molar-refractivity contribution in [2.75, 3.05) is 6.54 Å². The van der Waals surface area contributed by atoms with Crippen LogP contribution >= 0.6 is 0 Å². The first-order valence-corrected chi connectivity index (χ1v) is 5.66. The number of hydrogen-bond donors (Lipinski definition) is 2. The van der Waals surface area contributed by atoms with Crippen molar-refractivity contribution in [2.24, 2.45) is 5.73 Å². The number of carboxylic acid groups (broad SMARTS) is 1. The van der Waals surface area contributed by atoms with E-state index < -0.39 is 5.97 Å². The van der Waals surface area contributed by atoms with Crippen molar-refractivity contribution in [3.63, 3.8) is 0 Å². The zero-order chi connectivity index (χ0) is 12.2. The first-order valence-electron chi connectivity index (χ1n) is 5.66. The summed E-state index contributed by atoms with van der Waals surface area (Å²) in [6.45, 7) is 2.72. The van der Waals surface area contributed by atoms with Gasteiger partial charge in [-0.05, 0) is 24.9 Å². The summed E-state index contributed by atoms with van der Waals surface area (Å²) in [4.78, 5) is 9.76. The number of aliphatic carboxylic acids is 1. The highest BCUT2D eigenvalue weighted by atomic mass is 16.4. The molecule has 0 aliphatic carbocycles. The number of unbranched alkanes of at least 4 members (excludes halogenated alkanes) is 1. The predicted molar refractivity (Wildman–Crippen MR) is 66.4 cm³/mol. The fourth-order valence-electron chi connectivity index (χ4n) is 1.14. The standard InChI is InChI=1S/C8H11N.C5H10O2/c9-7-6-8-4-2-1-3-5-8;1-2-3-4-5(6)7/h1-5H,6-7,9H2;2-4H2,1H3,(H,6,7). The van der Waals surface area contributed by atoms with Crippen LogP contribution in [0.1, 0.15) is 31.7 Å². The van der Waals surface area contributed by atoms with Crippen LogP contribution in [0.2, 0.25) is 0 Å². The molecule has 3 N–H and O–H groups in total. The molecule has 1 aromatic carbocycles. The van der Waals surface area contributed by atoms with Gasteiger partial charge >= 0.3 is 5.97 Å². The monoisotopic (exact) mass is 223 g/mol. The fourth-order valence-corrected chi connectivity index (χ4v) is 1.14. The van der Waals surface area contributed by atoms with Crippen molar-refractivity contribution in [1.82, 2.24) is 0 Å². The molecule has 0 saturated carbocycles. The zero-order valence-electron chi connectivity index (χ0n) is 9.86. The Bertz CT molecular complexity index is 273. The topological polar surface area (TPSA) is 63.3 Å². The molecule has 0 saturated heterocycles. The van der Waals surface area contributed by atoms with Crippen molar-refractivity contribution in [3.05, 3.63) is 35.9 Å². The lowest BCUT2D eigenvalue weighted by Crippen LogP contribution is -2.01. The summed E-state index contributed by atoms with van der Waals surface area (Å²) >= 11 is 0. The third-order valence-electron chi connectivity index (χ3n) is 2.02. The lowest BCUT2D eigenvalue weighted by atomic mass is 10.2. The van der Waals surface area contributed by atoms with Crippen LogP contribution < -0.4 is 5.73 Å².